The van der Waals surface area contributed by atoms with E-state index < -0.39 is 18.8 Å². The summed E-state index contributed by atoms with van der Waals surface area (Å²) in [5.74, 6) is 0.648. The third kappa shape index (κ3) is 4.52. The summed E-state index contributed by atoms with van der Waals surface area (Å²) in [7, 11) is 0. The first-order chi connectivity index (χ1) is 7.93. The van der Waals surface area contributed by atoms with Crippen LogP contribution in [-0.2, 0) is 0 Å². The highest BCUT2D eigenvalue weighted by molar-refractivity contribution is 5.46. The van der Waals surface area contributed by atoms with Gasteiger partial charge < -0.3 is 15.2 Å². The minimum Gasteiger partial charge on any atom is -0.494 e. The van der Waals surface area contributed by atoms with Gasteiger partial charge in [-0.3, -0.25) is 0 Å². The van der Waals surface area contributed by atoms with Crippen LogP contribution in [0.5, 0.6) is 5.75 Å². The molecule has 3 nitrogen and oxygen atoms in total. The zero-order chi connectivity index (χ0) is 12.9. The Hall–Kier alpha value is -1.43. The second-order valence-electron chi connectivity index (χ2n) is 3.40. The molecule has 17 heavy (non-hydrogen) atoms. The summed E-state index contributed by atoms with van der Waals surface area (Å²) < 4.78 is 41.2. The van der Waals surface area contributed by atoms with Crippen LogP contribution in [0.3, 0.4) is 0 Å². The monoisotopic (exact) mass is 249 g/mol. The van der Waals surface area contributed by atoms with Crippen molar-refractivity contribution in [2.45, 2.75) is 19.2 Å². The first-order valence-corrected chi connectivity index (χ1v) is 5.15. The molecule has 0 aliphatic carbocycles. The summed E-state index contributed by atoms with van der Waals surface area (Å²) >= 11 is 0. The van der Waals surface area contributed by atoms with Crippen molar-refractivity contribution in [3.63, 3.8) is 0 Å². The van der Waals surface area contributed by atoms with Crippen molar-refractivity contribution >= 4 is 5.69 Å². The van der Waals surface area contributed by atoms with Crippen LogP contribution in [0.4, 0.5) is 18.9 Å². The molecule has 0 heterocycles. The molecule has 1 unspecified atom stereocenters. The zero-order valence-electron chi connectivity index (χ0n) is 9.29. The van der Waals surface area contributed by atoms with Gasteiger partial charge in [-0.1, -0.05) is 0 Å². The van der Waals surface area contributed by atoms with Crippen molar-refractivity contribution in [3.8, 4) is 5.75 Å². The van der Waals surface area contributed by atoms with E-state index in [0.717, 1.165) is 0 Å². The predicted octanol–water partition coefficient (Wildman–Crippen LogP) is 2.42. The standard InChI is InChI=1S/C11H14F3NO2/c1-2-17-9-5-3-8(4-6-9)15-7-10(16)11(12,13)14/h3-6,10,15-16H,2,7H2,1H3. The zero-order valence-corrected chi connectivity index (χ0v) is 9.29. The summed E-state index contributed by atoms with van der Waals surface area (Å²) in [6.45, 7) is 1.79. The lowest BCUT2D eigenvalue weighted by molar-refractivity contribution is -0.198. The van der Waals surface area contributed by atoms with E-state index in [1.54, 1.807) is 24.3 Å². The molecule has 0 aliphatic rings. The Kier molecular flexibility index (Phi) is 4.62. The Bertz CT molecular complexity index is 338. The third-order valence-electron chi connectivity index (χ3n) is 2.04. The molecule has 6 heteroatoms. The first kappa shape index (κ1) is 13.6. The van der Waals surface area contributed by atoms with Crippen molar-refractivity contribution in [2.75, 3.05) is 18.5 Å². The van der Waals surface area contributed by atoms with E-state index in [0.29, 0.717) is 18.0 Å². The summed E-state index contributed by atoms with van der Waals surface area (Å²) in [6, 6.07) is 6.47. The van der Waals surface area contributed by atoms with Crippen molar-refractivity contribution in [1.82, 2.24) is 0 Å². The number of benzene rings is 1. The van der Waals surface area contributed by atoms with Gasteiger partial charge in [0.15, 0.2) is 6.10 Å². The Morgan fingerprint density at radius 1 is 1.29 bits per heavy atom. The number of halogens is 3. The second kappa shape index (κ2) is 5.77. The number of ether oxygens (including phenoxy) is 1. The quantitative estimate of drug-likeness (QED) is 0.842. The first-order valence-electron chi connectivity index (χ1n) is 5.15. The van der Waals surface area contributed by atoms with Gasteiger partial charge in [0, 0.05) is 12.2 Å². The van der Waals surface area contributed by atoms with Gasteiger partial charge >= 0.3 is 6.18 Å². The highest BCUT2D eigenvalue weighted by Crippen LogP contribution is 2.21. The summed E-state index contributed by atoms with van der Waals surface area (Å²) in [6.07, 6.45) is -6.97. The predicted molar refractivity (Wildman–Crippen MR) is 58.2 cm³/mol. The Balaban J connectivity index is 2.47. The molecule has 0 amide bonds. The fraction of sp³-hybridized carbons (Fsp3) is 0.455. The lowest BCUT2D eigenvalue weighted by Crippen LogP contribution is -2.34. The van der Waals surface area contributed by atoms with E-state index >= 15 is 0 Å². The molecule has 0 bridgehead atoms. The minimum absolute atomic E-state index is 0.497. The van der Waals surface area contributed by atoms with Crippen LogP contribution in [0.25, 0.3) is 0 Å². The molecule has 1 rings (SSSR count). The summed E-state index contributed by atoms with van der Waals surface area (Å²) in [5.41, 5.74) is 0.497. The highest BCUT2D eigenvalue weighted by atomic mass is 19.4. The fourth-order valence-corrected chi connectivity index (χ4v) is 1.17. The van der Waals surface area contributed by atoms with E-state index in [2.05, 4.69) is 5.32 Å². The molecular formula is C11H14F3NO2. The van der Waals surface area contributed by atoms with Crippen molar-refractivity contribution in [1.29, 1.82) is 0 Å². The number of rotatable bonds is 5. The fourth-order valence-electron chi connectivity index (χ4n) is 1.17. The van der Waals surface area contributed by atoms with Gasteiger partial charge in [-0.2, -0.15) is 13.2 Å². The number of aliphatic hydroxyl groups is 1. The van der Waals surface area contributed by atoms with E-state index in [4.69, 9.17) is 9.84 Å². The van der Waals surface area contributed by atoms with Crippen LogP contribution >= 0.6 is 0 Å². The molecule has 0 saturated heterocycles. The molecule has 2 N–H and O–H groups in total. The highest BCUT2D eigenvalue weighted by Gasteiger charge is 2.37. The molecule has 1 atom stereocenters. The van der Waals surface area contributed by atoms with Gasteiger partial charge in [0.2, 0.25) is 0 Å². The normalized spacial score (nSPS) is 13.2. The molecule has 96 valence electrons. The number of aliphatic hydroxyl groups excluding tert-OH is 1. The van der Waals surface area contributed by atoms with Crippen LogP contribution in [0, 0.1) is 0 Å². The number of nitrogens with one attached hydrogen (secondary N) is 1. The van der Waals surface area contributed by atoms with Crippen LogP contribution in [0.15, 0.2) is 24.3 Å². The topological polar surface area (TPSA) is 41.5 Å². The van der Waals surface area contributed by atoms with E-state index in [-0.39, 0.29) is 0 Å². The average Bonchev–Trinajstić information content (AvgIpc) is 2.27. The Labute approximate surface area is 97.2 Å². The van der Waals surface area contributed by atoms with E-state index in [1.165, 1.54) is 0 Å². The lowest BCUT2D eigenvalue weighted by Gasteiger charge is -2.15. The van der Waals surface area contributed by atoms with Gasteiger partial charge in [0.1, 0.15) is 5.75 Å². The van der Waals surface area contributed by atoms with Gasteiger partial charge in [-0.15, -0.1) is 0 Å². The van der Waals surface area contributed by atoms with Crippen LogP contribution in [0.1, 0.15) is 6.92 Å². The molecule has 0 aromatic heterocycles. The van der Waals surface area contributed by atoms with Crippen molar-refractivity contribution < 1.29 is 23.0 Å². The number of hydrogen-bond acceptors (Lipinski definition) is 3. The average molecular weight is 249 g/mol. The smallest absolute Gasteiger partial charge is 0.416 e. The van der Waals surface area contributed by atoms with Crippen LogP contribution in [-0.4, -0.2) is 30.5 Å². The Morgan fingerprint density at radius 3 is 2.35 bits per heavy atom. The number of hydrogen-bond donors (Lipinski definition) is 2. The number of alkyl halides is 3. The van der Waals surface area contributed by atoms with Crippen LogP contribution in [0.2, 0.25) is 0 Å². The third-order valence-corrected chi connectivity index (χ3v) is 2.04. The summed E-state index contributed by atoms with van der Waals surface area (Å²) in [4.78, 5) is 0. The molecule has 1 aromatic rings. The second-order valence-corrected chi connectivity index (χ2v) is 3.40. The summed E-state index contributed by atoms with van der Waals surface area (Å²) in [5, 5.41) is 11.3. The molecule has 0 aliphatic heterocycles. The molecule has 0 radical (unpaired) electrons. The van der Waals surface area contributed by atoms with Gasteiger partial charge in [0.25, 0.3) is 0 Å². The van der Waals surface area contributed by atoms with Crippen LogP contribution < -0.4 is 10.1 Å². The molecule has 0 fully saturated rings. The van der Waals surface area contributed by atoms with Crippen molar-refractivity contribution in [2.24, 2.45) is 0 Å². The van der Waals surface area contributed by atoms with Gasteiger partial charge in [0.05, 0.1) is 6.61 Å². The minimum atomic E-state index is -4.60. The SMILES string of the molecule is CCOc1ccc(NCC(O)C(F)(F)F)cc1. The molecule has 0 saturated carbocycles. The number of anilines is 1. The Morgan fingerprint density at radius 2 is 1.88 bits per heavy atom. The maximum absolute atomic E-state index is 12.0. The van der Waals surface area contributed by atoms with E-state index in [1.807, 2.05) is 6.92 Å². The molecule has 1 aromatic carbocycles. The molecule has 0 spiro atoms. The van der Waals surface area contributed by atoms with Gasteiger partial charge in [-0.25, -0.2) is 0 Å². The maximum atomic E-state index is 12.0. The maximum Gasteiger partial charge on any atom is 0.416 e. The van der Waals surface area contributed by atoms with E-state index in [9.17, 15) is 13.2 Å². The van der Waals surface area contributed by atoms with Crippen molar-refractivity contribution in [3.05, 3.63) is 24.3 Å². The lowest BCUT2D eigenvalue weighted by atomic mass is 10.3. The molecular weight excluding hydrogens is 235 g/mol. The van der Waals surface area contributed by atoms with Gasteiger partial charge in [-0.05, 0) is 31.2 Å². The largest absolute Gasteiger partial charge is 0.494 e.